The van der Waals surface area contributed by atoms with Gasteiger partial charge in [-0.2, -0.15) is 4.98 Å². The molecule has 8 heteroatoms. The van der Waals surface area contributed by atoms with Gasteiger partial charge in [-0.25, -0.2) is 0 Å². The molecule has 3 N–H and O–H groups in total. The van der Waals surface area contributed by atoms with Gasteiger partial charge in [0.1, 0.15) is 0 Å². The molecule has 2 aromatic rings. The summed E-state index contributed by atoms with van der Waals surface area (Å²) in [6.45, 7) is 0.517. The van der Waals surface area contributed by atoms with Gasteiger partial charge in [-0.3, -0.25) is 4.99 Å². The van der Waals surface area contributed by atoms with Crippen molar-refractivity contribution in [3.63, 3.8) is 0 Å². The third-order valence-electron chi connectivity index (χ3n) is 4.37. The Morgan fingerprint density at radius 2 is 2.04 bits per heavy atom. The van der Waals surface area contributed by atoms with Crippen molar-refractivity contribution < 1.29 is 4.52 Å². The number of halogens is 2. The Balaban J connectivity index is 0.00000243. The highest BCUT2D eigenvalue weighted by atomic mass is 127. The zero-order valence-corrected chi connectivity index (χ0v) is 17.7. The van der Waals surface area contributed by atoms with E-state index in [4.69, 9.17) is 21.9 Å². The van der Waals surface area contributed by atoms with Crippen LogP contribution in [-0.4, -0.2) is 28.7 Å². The number of benzene rings is 1. The van der Waals surface area contributed by atoms with Crippen LogP contribution < -0.4 is 11.1 Å². The third-order valence-corrected chi connectivity index (χ3v) is 4.60. The predicted molar refractivity (Wildman–Crippen MR) is 115 cm³/mol. The SMILES string of the molecule is I.NC(=NCCc1nc(-c2cccc(Cl)c2)no1)NC1CCCCCC1. The Labute approximate surface area is 176 Å². The van der Waals surface area contributed by atoms with Crippen LogP contribution in [-0.2, 0) is 6.42 Å². The fraction of sp³-hybridized carbons (Fsp3) is 0.500. The monoisotopic (exact) mass is 489 g/mol. The van der Waals surface area contributed by atoms with E-state index in [1.807, 2.05) is 24.3 Å². The lowest BCUT2D eigenvalue weighted by Crippen LogP contribution is -2.40. The molecule has 3 rings (SSSR count). The fourth-order valence-electron chi connectivity index (χ4n) is 3.05. The van der Waals surface area contributed by atoms with Crippen molar-refractivity contribution >= 4 is 41.5 Å². The van der Waals surface area contributed by atoms with E-state index < -0.39 is 0 Å². The van der Waals surface area contributed by atoms with Gasteiger partial charge in [0.15, 0.2) is 5.96 Å². The number of aromatic nitrogens is 2. The second-order valence-corrected chi connectivity index (χ2v) is 6.81. The highest BCUT2D eigenvalue weighted by Crippen LogP contribution is 2.20. The Morgan fingerprint density at radius 3 is 2.77 bits per heavy atom. The molecule has 0 radical (unpaired) electrons. The standard InChI is InChI=1S/C18H24ClN5O.HI/c19-14-7-5-6-13(12-14)17-23-16(25-24-17)10-11-21-18(20)22-15-8-3-1-2-4-9-15;/h5-7,12,15H,1-4,8-11H2,(H3,20,21,22);1H. The number of guanidine groups is 1. The third kappa shape index (κ3) is 6.42. The predicted octanol–water partition coefficient (Wildman–Crippen LogP) is 4.18. The van der Waals surface area contributed by atoms with E-state index in [-0.39, 0.29) is 24.0 Å². The minimum absolute atomic E-state index is 0. The molecule has 0 bridgehead atoms. The summed E-state index contributed by atoms with van der Waals surface area (Å²) in [5, 5.41) is 7.96. The first-order chi connectivity index (χ1) is 12.2. The Bertz CT molecular complexity index is 713. The highest BCUT2D eigenvalue weighted by Gasteiger charge is 2.12. The minimum atomic E-state index is 0. The van der Waals surface area contributed by atoms with E-state index in [0.717, 1.165) is 5.56 Å². The van der Waals surface area contributed by atoms with Gasteiger partial charge in [0.2, 0.25) is 11.7 Å². The number of hydrogen-bond donors (Lipinski definition) is 2. The average Bonchev–Trinajstić information content (AvgIpc) is 2.92. The highest BCUT2D eigenvalue weighted by molar-refractivity contribution is 14.0. The first kappa shape index (κ1) is 21.0. The molecule has 0 amide bonds. The van der Waals surface area contributed by atoms with Crippen LogP contribution in [0.1, 0.15) is 44.4 Å². The van der Waals surface area contributed by atoms with Crippen molar-refractivity contribution in [2.45, 2.75) is 51.0 Å². The van der Waals surface area contributed by atoms with Crippen LogP contribution in [0.4, 0.5) is 0 Å². The van der Waals surface area contributed by atoms with Gasteiger partial charge in [0.05, 0.1) is 6.54 Å². The normalized spacial score (nSPS) is 16.0. The Hall–Kier alpha value is -1.35. The van der Waals surface area contributed by atoms with E-state index in [9.17, 15) is 0 Å². The van der Waals surface area contributed by atoms with Crippen LogP contribution in [0.5, 0.6) is 0 Å². The second-order valence-electron chi connectivity index (χ2n) is 6.37. The summed E-state index contributed by atoms with van der Waals surface area (Å²) in [5.41, 5.74) is 6.82. The van der Waals surface area contributed by atoms with Gasteiger partial charge < -0.3 is 15.6 Å². The number of nitrogens with zero attached hydrogens (tertiary/aromatic N) is 3. The van der Waals surface area contributed by atoms with Crippen LogP contribution in [0.2, 0.25) is 5.02 Å². The van der Waals surface area contributed by atoms with Crippen molar-refractivity contribution in [2.75, 3.05) is 6.54 Å². The molecule has 0 unspecified atom stereocenters. The average molecular weight is 490 g/mol. The van der Waals surface area contributed by atoms with Gasteiger partial charge in [0.25, 0.3) is 0 Å². The quantitative estimate of drug-likeness (QED) is 0.285. The van der Waals surface area contributed by atoms with Gasteiger partial charge in [-0.1, -0.05) is 54.6 Å². The van der Waals surface area contributed by atoms with Crippen molar-refractivity contribution in [3.05, 3.63) is 35.2 Å². The van der Waals surface area contributed by atoms with E-state index in [2.05, 4.69) is 20.4 Å². The summed E-state index contributed by atoms with van der Waals surface area (Å²) in [6.07, 6.45) is 8.06. The molecule has 142 valence electrons. The van der Waals surface area contributed by atoms with Gasteiger partial charge in [0, 0.05) is 23.0 Å². The maximum absolute atomic E-state index is 5.99. The maximum atomic E-state index is 5.99. The molecule has 1 aliphatic rings. The van der Waals surface area contributed by atoms with Crippen LogP contribution in [0, 0.1) is 0 Å². The maximum Gasteiger partial charge on any atom is 0.228 e. The Morgan fingerprint density at radius 1 is 1.27 bits per heavy atom. The molecule has 1 aliphatic carbocycles. The molecule has 1 aromatic carbocycles. The molecule has 6 nitrogen and oxygen atoms in total. The lowest BCUT2D eigenvalue weighted by Gasteiger charge is -2.16. The first-order valence-corrected chi connectivity index (χ1v) is 9.23. The van der Waals surface area contributed by atoms with Crippen molar-refractivity contribution in [1.29, 1.82) is 0 Å². The van der Waals surface area contributed by atoms with Crippen molar-refractivity contribution in [3.8, 4) is 11.4 Å². The fourth-order valence-corrected chi connectivity index (χ4v) is 3.24. The summed E-state index contributed by atoms with van der Waals surface area (Å²) < 4.78 is 5.27. The van der Waals surface area contributed by atoms with Crippen molar-refractivity contribution in [1.82, 2.24) is 15.5 Å². The molecule has 0 aliphatic heterocycles. The molecular formula is C18H25ClIN5O. The van der Waals surface area contributed by atoms with E-state index in [0.29, 0.717) is 41.7 Å². The largest absolute Gasteiger partial charge is 0.370 e. The Kier molecular flexibility index (Phi) is 8.64. The molecule has 1 fully saturated rings. The zero-order valence-electron chi connectivity index (χ0n) is 14.7. The molecule has 1 heterocycles. The first-order valence-electron chi connectivity index (χ1n) is 8.86. The van der Waals surface area contributed by atoms with Crippen LogP contribution in [0.3, 0.4) is 0 Å². The molecule has 0 spiro atoms. The topological polar surface area (TPSA) is 89.3 Å². The van der Waals surface area contributed by atoms with E-state index >= 15 is 0 Å². The summed E-state index contributed by atoms with van der Waals surface area (Å²) in [6, 6.07) is 7.82. The lowest BCUT2D eigenvalue weighted by molar-refractivity contribution is 0.380. The van der Waals surface area contributed by atoms with Gasteiger partial charge in [-0.15, -0.1) is 24.0 Å². The molecule has 26 heavy (non-hydrogen) atoms. The summed E-state index contributed by atoms with van der Waals surface area (Å²) in [4.78, 5) is 8.75. The number of nitrogens with one attached hydrogen (secondary N) is 1. The summed E-state index contributed by atoms with van der Waals surface area (Å²) >= 11 is 5.99. The van der Waals surface area contributed by atoms with E-state index in [1.54, 1.807) is 0 Å². The lowest BCUT2D eigenvalue weighted by atomic mass is 10.1. The van der Waals surface area contributed by atoms with E-state index in [1.165, 1.54) is 38.5 Å². The summed E-state index contributed by atoms with van der Waals surface area (Å²) in [7, 11) is 0. The summed E-state index contributed by atoms with van der Waals surface area (Å²) in [5.74, 6) is 1.58. The molecule has 0 atom stereocenters. The number of hydrogen-bond acceptors (Lipinski definition) is 4. The molecular weight excluding hydrogens is 465 g/mol. The van der Waals surface area contributed by atoms with Gasteiger partial charge >= 0.3 is 0 Å². The molecule has 1 saturated carbocycles. The van der Waals surface area contributed by atoms with Crippen LogP contribution in [0.15, 0.2) is 33.8 Å². The molecule has 0 saturated heterocycles. The van der Waals surface area contributed by atoms with Crippen molar-refractivity contribution in [2.24, 2.45) is 10.7 Å². The smallest absolute Gasteiger partial charge is 0.228 e. The van der Waals surface area contributed by atoms with Crippen LogP contribution in [0.25, 0.3) is 11.4 Å². The number of aliphatic imine (C=N–C) groups is 1. The number of rotatable bonds is 5. The van der Waals surface area contributed by atoms with Crippen LogP contribution >= 0.6 is 35.6 Å². The zero-order chi connectivity index (χ0) is 17.5. The van der Waals surface area contributed by atoms with Gasteiger partial charge in [-0.05, 0) is 25.0 Å². The number of nitrogens with two attached hydrogens (primary N) is 1. The second kappa shape index (κ2) is 10.7. The molecule has 1 aromatic heterocycles. The minimum Gasteiger partial charge on any atom is -0.370 e.